The number of hydrogen-bond donors (Lipinski definition) is 2. The van der Waals surface area contributed by atoms with Gasteiger partial charge < -0.3 is 58.4 Å². The number of fused-ring (bicyclic) bond motifs is 3. The van der Waals surface area contributed by atoms with Gasteiger partial charge in [0, 0.05) is 59.6 Å². The fourth-order valence-corrected chi connectivity index (χ4v) is 11.3. The zero-order valence-corrected chi connectivity index (χ0v) is 55.1. The summed E-state index contributed by atoms with van der Waals surface area (Å²) in [6.07, 6.45) is 4.28. The van der Waals surface area contributed by atoms with Crippen molar-refractivity contribution in [3.05, 3.63) is 131 Å². The second kappa shape index (κ2) is 33.5. The van der Waals surface area contributed by atoms with Gasteiger partial charge in [-0.15, -0.1) is 0 Å². The van der Waals surface area contributed by atoms with Gasteiger partial charge in [0.2, 0.25) is 36.8 Å². The molecule has 2 heterocycles. The standard InChI is InChI=1S/C68H89N6O16P/c1-12-35-73-42-58(75)69-52(39-46-27-31-50(32-28-46)90-91(10,11)84)63(79)70-61(48-21-14-13-15-22-48)65(81)71(6)36-18-17-26-60(77)88-44-68(4,5)62(78)66(82)74-37-19-16-25-53(74)67(83)89-55(33-29-47-30-34-56(85-8)57(40-47)86-9)49-23-20-24-51(41-49)87-43-59(76)72(7)54(64(73)80)38-45(2)3/h13-15,17,20-24,26-28,30-32,34,40-41,45,52-55,61H,12,16,18-19,25,29,33,35-39,42-44H2,1-11H3,(H,69,75)(H,70,79)/t52-,53-,54-,55+,61+/m0/s1. The molecule has 0 radical (unpaired) electrons. The van der Waals surface area contributed by atoms with Crippen LogP contribution in [0.3, 0.4) is 0 Å². The molecule has 2 bridgehead atoms. The van der Waals surface area contributed by atoms with Crippen LogP contribution in [0.15, 0.2) is 109 Å². The molecule has 6 rings (SSSR count). The number of Topliss-reactive ketones (excluding diaryl/α,β-unsaturated/α-hetero) is 1. The van der Waals surface area contributed by atoms with Crippen molar-refractivity contribution in [1.82, 2.24) is 30.2 Å². The van der Waals surface area contributed by atoms with E-state index in [1.807, 2.05) is 32.9 Å². The highest BCUT2D eigenvalue weighted by Gasteiger charge is 2.43. The Kier molecular flexibility index (Phi) is 26.4. The predicted molar refractivity (Wildman–Crippen MR) is 341 cm³/mol. The van der Waals surface area contributed by atoms with Gasteiger partial charge in [-0.3, -0.25) is 38.1 Å². The second-order valence-corrected chi connectivity index (χ2v) is 27.1. The SMILES string of the molecule is CCCN1CC(=O)N[C@@H](Cc2ccc(OP(C)(C)=O)cc2)C(=O)N[C@H](c2ccccc2)C(=O)N(C)CCC=CC(=O)OCC(C)(C)C(=O)C(=O)N2CCCC[C@H]2C(=O)O[C@H](CCc2ccc(OC)c(OC)c2)c2cccc(c2)OCC(=O)N(C)[C@@H](CC(C)C)C1=O. The molecule has 4 aromatic carbocycles. The van der Waals surface area contributed by atoms with Gasteiger partial charge in [-0.2, -0.15) is 0 Å². The summed E-state index contributed by atoms with van der Waals surface area (Å²) >= 11 is 0. The molecule has 0 aromatic heterocycles. The van der Waals surface area contributed by atoms with Gasteiger partial charge in [-0.05, 0) is 130 Å². The Hall–Kier alpha value is -8.52. The summed E-state index contributed by atoms with van der Waals surface area (Å²) in [5.41, 5.74) is 0.797. The number of amides is 6. The summed E-state index contributed by atoms with van der Waals surface area (Å²) in [4.78, 5) is 134. The van der Waals surface area contributed by atoms with Crippen LogP contribution >= 0.6 is 7.37 Å². The quantitative estimate of drug-likeness (QED) is 0.0691. The minimum atomic E-state index is -2.93. The monoisotopic (exact) mass is 1280 g/mol. The summed E-state index contributed by atoms with van der Waals surface area (Å²) < 4.78 is 47.1. The van der Waals surface area contributed by atoms with Crippen molar-refractivity contribution in [2.24, 2.45) is 11.3 Å². The van der Waals surface area contributed by atoms with Crippen LogP contribution in [0, 0.1) is 11.3 Å². The third kappa shape index (κ3) is 21.0. The molecule has 2 aliphatic rings. The first-order valence-electron chi connectivity index (χ1n) is 30.8. The van der Waals surface area contributed by atoms with Gasteiger partial charge in [0.25, 0.3) is 11.8 Å². The average Bonchev–Trinajstić information content (AvgIpc) is 3.75. The maximum absolute atomic E-state index is 14.9. The van der Waals surface area contributed by atoms with Crippen LogP contribution in [0.1, 0.15) is 114 Å². The molecular formula is C68H89N6O16P. The van der Waals surface area contributed by atoms with Crippen molar-refractivity contribution in [2.75, 3.05) is 81.0 Å². The number of benzene rings is 4. The maximum Gasteiger partial charge on any atom is 0.330 e. The lowest BCUT2D eigenvalue weighted by molar-refractivity contribution is -0.165. The highest BCUT2D eigenvalue weighted by Crippen LogP contribution is 2.39. The molecule has 2 aliphatic heterocycles. The molecule has 1 fully saturated rings. The number of carbonyl (C=O) groups excluding carboxylic acids is 9. The minimum absolute atomic E-state index is 0.0642. The number of carbonyl (C=O) groups is 9. The van der Waals surface area contributed by atoms with Crippen molar-refractivity contribution in [2.45, 2.75) is 123 Å². The summed E-state index contributed by atoms with van der Waals surface area (Å²) in [5.74, 6) is -4.93. The molecule has 1 saturated heterocycles. The van der Waals surface area contributed by atoms with Crippen molar-refractivity contribution in [1.29, 1.82) is 0 Å². The Morgan fingerprint density at radius 1 is 0.769 bits per heavy atom. The van der Waals surface area contributed by atoms with Gasteiger partial charge in [-0.25, -0.2) is 9.59 Å². The van der Waals surface area contributed by atoms with E-state index >= 15 is 0 Å². The third-order valence-electron chi connectivity index (χ3n) is 15.7. The van der Waals surface area contributed by atoms with Crippen LogP contribution in [0.4, 0.5) is 0 Å². The lowest BCUT2D eigenvalue weighted by Crippen LogP contribution is -2.55. The lowest BCUT2D eigenvalue weighted by atomic mass is 9.87. The fraction of sp³-hybridized carbons (Fsp3) is 0.485. The summed E-state index contributed by atoms with van der Waals surface area (Å²) in [5, 5.41) is 5.70. The van der Waals surface area contributed by atoms with Crippen molar-refractivity contribution in [3.8, 4) is 23.0 Å². The molecule has 0 unspecified atom stereocenters. The summed E-state index contributed by atoms with van der Waals surface area (Å²) in [6.45, 7) is 10.3. The predicted octanol–water partition coefficient (Wildman–Crippen LogP) is 7.85. The molecular weight excluding hydrogens is 1190 g/mol. The number of likely N-dealkylation sites (N-methyl/N-ethyl adjacent to an activating group) is 2. The number of aryl methyl sites for hydroxylation is 1. The van der Waals surface area contributed by atoms with Gasteiger partial charge in [0.15, 0.2) is 18.1 Å². The van der Waals surface area contributed by atoms with E-state index in [0.29, 0.717) is 59.6 Å². The van der Waals surface area contributed by atoms with Crippen LogP contribution in [0.25, 0.3) is 0 Å². The first-order valence-corrected chi connectivity index (χ1v) is 33.3. The minimum Gasteiger partial charge on any atom is -0.493 e. The molecule has 0 saturated carbocycles. The summed E-state index contributed by atoms with van der Waals surface area (Å²) in [6, 6.07) is 22.4. The van der Waals surface area contributed by atoms with Gasteiger partial charge >= 0.3 is 11.9 Å². The van der Waals surface area contributed by atoms with E-state index in [0.717, 1.165) is 11.6 Å². The van der Waals surface area contributed by atoms with Gasteiger partial charge in [0.1, 0.15) is 48.4 Å². The number of esters is 2. The van der Waals surface area contributed by atoms with E-state index in [1.54, 1.807) is 84.9 Å². The Bertz CT molecular complexity index is 3280. The number of cyclic esters (lactones) is 2. The summed E-state index contributed by atoms with van der Waals surface area (Å²) in [7, 11) is 3.14. The molecule has 0 spiro atoms. The van der Waals surface area contributed by atoms with E-state index in [4.69, 9.17) is 28.2 Å². The van der Waals surface area contributed by atoms with E-state index in [2.05, 4.69) is 10.6 Å². The smallest absolute Gasteiger partial charge is 0.330 e. The van der Waals surface area contributed by atoms with E-state index in [-0.39, 0.29) is 63.4 Å². The molecule has 6 amide bonds. The first-order chi connectivity index (χ1) is 43.2. The molecule has 23 heteroatoms. The first kappa shape index (κ1) is 71.6. The van der Waals surface area contributed by atoms with Crippen LogP contribution in [0.2, 0.25) is 0 Å². The van der Waals surface area contributed by atoms with E-state index < -0.39 is 116 Å². The number of methoxy groups -OCH3 is 2. The Morgan fingerprint density at radius 3 is 2.13 bits per heavy atom. The number of piperidine rings is 1. The van der Waals surface area contributed by atoms with E-state index in [1.165, 1.54) is 81.2 Å². The molecule has 91 heavy (non-hydrogen) atoms. The molecule has 492 valence electrons. The Morgan fingerprint density at radius 2 is 1.46 bits per heavy atom. The lowest BCUT2D eigenvalue weighted by Gasteiger charge is -2.36. The number of ether oxygens (including phenoxy) is 5. The molecule has 0 aliphatic carbocycles. The van der Waals surface area contributed by atoms with Crippen LogP contribution in [-0.2, 0) is 70.0 Å². The Balaban J connectivity index is 1.35. The number of ketones is 1. The fourth-order valence-electron chi connectivity index (χ4n) is 10.6. The van der Waals surface area contributed by atoms with Gasteiger partial charge in [0.05, 0.1) is 26.2 Å². The van der Waals surface area contributed by atoms with Crippen LogP contribution in [0.5, 0.6) is 23.0 Å². The second-order valence-electron chi connectivity index (χ2n) is 24.4. The zero-order valence-electron chi connectivity index (χ0n) is 54.2. The maximum atomic E-state index is 14.9. The van der Waals surface area contributed by atoms with Gasteiger partial charge in [-0.1, -0.05) is 87.5 Å². The molecule has 2 N–H and O–H groups in total. The highest BCUT2D eigenvalue weighted by molar-refractivity contribution is 7.57. The molecule has 4 aromatic rings. The molecule has 22 nitrogen and oxygen atoms in total. The van der Waals surface area contributed by atoms with Crippen molar-refractivity contribution < 1.29 is 75.9 Å². The molecule has 5 atom stereocenters. The number of nitrogens with zero attached hydrogens (tertiary/aromatic N) is 4. The normalized spacial score (nSPS) is 21.2. The van der Waals surface area contributed by atoms with Crippen molar-refractivity contribution in [3.63, 3.8) is 0 Å². The highest BCUT2D eigenvalue weighted by atomic mass is 31.2. The van der Waals surface area contributed by atoms with Crippen molar-refractivity contribution >= 4 is 60.5 Å². The average molecular weight is 1280 g/mol. The largest absolute Gasteiger partial charge is 0.493 e. The van der Waals surface area contributed by atoms with Crippen LogP contribution < -0.4 is 29.4 Å². The zero-order chi connectivity index (χ0) is 66.6. The Labute approximate surface area is 534 Å². The van der Waals surface area contributed by atoms with Crippen LogP contribution in [-0.4, -0.2) is 172 Å². The van der Waals surface area contributed by atoms with E-state index in [9.17, 15) is 47.7 Å². The number of hydrogen-bond acceptors (Lipinski definition) is 16. The number of nitrogens with one attached hydrogen (secondary N) is 2. The number of rotatable bonds is 14. The topological polar surface area (TPSA) is 263 Å². The third-order valence-corrected chi connectivity index (χ3v) is 16.3.